The molecule has 1 fully saturated rings. The van der Waals surface area contributed by atoms with Crippen molar-refractivity contribution < 1.29 is 4.79 Å². The van der Waals surface area contributed by atoms with Crippen molar-refractivity contribution in [3.05, 3.63) is 34.9 Å². The summed E-state index contributed by atoms with van der Waals surface area (Å²) in [6.45, 7) is 5.33. The van der Waals surface area contributed by atoms with Crippen LogP contribution in [0.2, 0.25) is 5.02 Å². The van der Waals surface area contributed by atoms with Gasteiger partial charge < -0.3 is 15.1 Å². The van der Waals surface area contributed by atoms with Crippen molar-refractivity contribution in [2.75, 3.05) is 33.7 Å². The fourth-order valence-corrected chi connectivity index (χ4v) is 3.27. The highest BCUT2D eigenvalue weighted by molar-refractivity contribution is 6.30. The van der Waals surface area contributed by atoms with Crippen molar-refractivity contribution in [3.8, 4) is 0 Å². The smallest absolute Gasteiger partial charge is 0.226 e. The van der Waals surface area contributed by atoms with Crippen LogP contribution in [0.4, 0.5) is 0 Å². The minimum absolute atomic E-state index is 0. The maximum absolute atomic E-state index is 13.0. The van der Waals surface area contributed by atoms with Gasteiger partial charge in [0.25, 0.3) is 0 Å². The minimum Gasteiger partial charge on any atom is -0.337 e. The van der Waals surface area contributed by atoms with Gasteiger partial charge in [-0.2, -0.15) is 0 Å². The van der Waals surface area contributed by atoms with Crippen molar-refractivity contribution in [3.63, 3.8) is 0 Å². The molecule has 1 heterocycles. The van der Waals surface area contributed by atoms with Crippen LogP contribution in [0.5, 0.6) is 0 Å². The third-order valence-corrected chi connectivity index (χ3v) is 4.60. The Kier molecular flexibility index (Phi) is 9.06. The summed E-state index contributed by atoms with van der Waals surface area (Å²) in [5.74, 6) is 0.410. The molecule has 1 aliphatic heterocycles. The lowest BCUT2D eigenvalue weighted by atomic mass is 9.92. The third kappa shape index (κ3) is 6.60. The SMILES string of the molecule is C[C@H]1C[C@@H](C(=O)N(CCN(C)C)Cc2cccc(Cl)c2)CCN1.Cl. The quantitative estimate of drug-likeness (QED) is 0.832. The first-order chi connectivity index (χ1) is 11.0. The molecule has 24 heavy (non-hydrogen) atoms. The Balaban J connectivity index is 0.00000288. The lowest BCUT2D eigenvalue weighted by Crippen LogP contribution is -2.45. The lowest BCUT2D eigenvalue weighted by Gasteiger charge is -2.33. The third-order valence-electron chi connectivity index (χ3n) is 4.36. The summed E-state index contributed by atoms with van der Waals surface area (Å²) in [6.07, 6.45) is 1.85. The Hall–Kier alpha value is -0.810. The molecule has 1 saturated heterocycles. The van der Waals surface area contributed by atoms with Gasteiger partial charge in [0.1, 0.15) is 0 Å². The zero-order valence-electron chi connectivity index (χ0n) is 14.8. The van der Waals surface area contributed by atoms with Crippen LogP contribution in [0.3, 0.4) is 0 Å². The van der Waals surface area contributed by atoms with Crippen molar-refractivity contribution in [1.82, 2.24) is 15.1 Å². The number of piperidine rings is 1. The van der Waals surface area contributed by atoms with Gasteiger partial charge in [0.2, 0.25) is 5.91 Å². The van der Waals surface area contributed by atoms with E-state index >= 15 is 0 Å². The second kappa shape index (κ2) is 10.2. The normalized spacial score (nSPS) is 20.5. The number of nitrogens with one attached hydrogen (secondary N) is 1. The molecule has 0 saturated carbocycles. The molecule has 1 amide bonds. The number of carbonyl (C=O) groups is 1. The highest BCUT2D eigenvalue weighted by atomic mass is 35.5. The van der Waals surface area contributed by atoms with Crippen LogP contribution in [0.1, 0.15) is 25.3 Å². The van der Waals surface area contributed by atoms with E-state index in [1.54, 1.807) is 0 Å². The fraction of sp³-hybridized carbons (Fsp3) is 0.611. The Bertz CT molecular complexity index is 525. The first-order valence-electron chi connectivity index (χ1n) is 8.37. The van der Waals surface area contributed by atoms with Crippen LogP contribution in [-0.2, 0) is 11.3 Å². The summed E-state index contributed by atoms with van der Waals surface area (Å²) in [5.41, 5.74) is 1.09. The molecular formula is C18H29Cl2N3O. The highest BCUT2D eigenvalue weighted by Gasteiger charge is 2.28. The van der Waals surface area contributed by atoms with Gasteiger partial charge in [-0.1, -0.05) is 23.7 Å². The van der Waals surface area contributed by atoms with Gasteiger partial charge in [0, 0.05) is 36.6 Å². The molecular weight excluding hydrogens is 345 g/mol. The molecule has 2 rings (SSSR count). The van der Waals surface area contributed by atoms with Gasteiger partial charge in [-0.15, -0.1) is 12.4 Å². The predicted octanol–water partition coefficient (Wildman–Crippen LogP) is 3.04. The molecule has 1 aromatic rings. The Morgan fingerprint density at radius 1 is 1.33 bits per heavy atom. The number of hydrogen-bond acceptors (Lipinski definition) is 3. The summed E-state index contributed by atoms with van der Waals surface area (Å²) in [4.78, 5) is 17.1. The average molecular weight is 374 g/mol. The molecule has 4 nitrogen and oxygen atoms in total. The fourth-order valence-electron chi connectivity index (χ4n) is 3.06. The zero-order chi connectivity index (χ0) is 16.8. The van der Waals surface area contributed by atoms with Crippen molar-refractivity contribution in [2.24, 2.45) is 5.92 Å². The summed E-state index contributed by atoms with van der Waals surface area (Å²) in [7, 11) is 4.07. The van der Waals surface area contributed by atoms with Crippen molar-refractivity contribution in [1.29, 1.82) is 0 Å². The molecule has 136 valence electrons. The molecule has 0 bridgehead atoms. The van der Waals surface area contributed by atoms with E-state index in [2.05, 4.69) is 17.1 Å². The monoisotopic (exact) mass is 373 g/mol. The van der Waals surface area contributed by atoms with E-state index < -0.39 is 0 Å². The zero-order valence-corrected chi connectivity index (χ0v) is 16.4. The van der Waals surface area contributed by atoms with Crippen LogP contribution in [-0.4, -0.2) is 55.5 Å². The maximum atomic E-state index is 13.0. The first kappa shape index (κ1) is 21.2. The van der Waals surface area contributed by atoms with E-state index in [-0.39, 0.29) is 24.2 Å². The van der Waals surface area contributed by atoms with Gasteiger partial charge in [0.15, 0.2) is 0 Å². The van der Waals surface area contributed by atoms with Crippen LogP contribution in [0.25, 0.3) is 0 Å². The number of benzene rings is 1. The summed E-state index contributed by atoms with van der Waals surface area (Å²) < 4.78 is 0. The molecule has 1 N–H and O–H groups in total. The molecule has 6 heteroatoms. The van der Waals surface area contributed by atoms with Crippen molar-refractivity contribution in [2.45, 2.75) is 32.4 Å². The average Bonchev–Trinajstić information content (AvgIpc) is 2.50. The lowest BCUT2D eigenvalue weighted by molar-refractivity contribution is -0.137. The van der Waals surface area contributed by atoms with Gasteiger partial charge in [0.05, 0.1) is 0 Å². The summed E-state index contributed by atoms with van der Waals surface area (Å²) in [5, 5.41) is 4.14. The predicted molar refractivity (Wildman–Crippen MR) is 103 cm³/mol. The Morgan fingerprint density at radius 3 is 2.71 bits per heavy atom. The maximum Gasteiger partial charge on any atom is 0.226 e. The van der Waals surface area contributed by atoms with Crippen LogP contribution < -0.4 is 5.32 Å². The van der Waals surface area contributed by atoms with E-state index in [1.807, 2.05) is 43.3 Å². The molecule has 1 aliphatic rings. The van der Waals surface area contributed by atoms with E-state index in [0.717, 1.165) is 43.1 Å². The standard InChI is InChI=1S/C18H28ClN3O.ClH/c1-14-11-16(7-8-20-14)18(23)22(10-9-21(2)3)13-15-5-4-6-17(19)12-15;/h4-6,12,14,16,20H,7-11,13H2,1-3H3;1H/t14-,16-;/m0./s1. The number of likely N-dealkylation sites (N-methyl/N-ethyl adjacent to an activating group) is 1. The number of halogens is 2. The molecule has 0 spiro atoms. The van der Waals surface area contributed by atoms with Crippen molar-refractivity contribution >= 4 is 29.9 Å². The van der Waals surface area contributed by atoms with Gasteiger partial charge >= 0.3 is 0 Å². The number of carbonyl (C=O) groups excluding carboxylic acids is 1. The van der Waals surface area contributed by atoms with E-state index in [4.69, 9.17) is 11.6 Å². The second-order valence-electron chi connectivity index (χ2n) is 6.77. The largest absolute Gasteiger partial charge is 0.337 e. The Labute approximate surface area is 156 Å². The highest BCUT2D eigenvalue weighted by Crippen LogP contribution is 2.21. The minimum atomic E-state index is 0. The summed E-state index contributed by atoms with van der Waals surface area (Å²) >= 11 is 6.08. The van der Waals surface area contributed by atoms with E-state index in [1.165, 1.54) is 0 Å². The second-order valence-corrected chi connectivity index (χ2v) is 7.21. The van der Waals surface area contributed by atoms with Crippen LogP contribution in [0, 0.1) is 5.92 Å². The molecule has 1 aromatic carbocycles. The summed E-state index contributed by atoms with van der Waals surface area (Å²) in [6, 6.07) is 8.21. The van der Waals surface area contributed by atoms with Crippen LogP contribution >= 0.6 is 24.0 Å². The molecule has 0 unspecified atom stereocenters. The first-order valence-corrected chi connectivity index (χ1v) is 8.75. The number of amides is 1. The van der Waals surface area contributed by atoms with Gasteiger partial charge in [-0.05, 0) is 58.1 Å². The number of rotatable bonds is 6. The molecule has 0 radical (unpaired) electrons. The number of nitrogens with zero attached hydrogens (tertiary/aromatic N) is 2. The van der Waals surface area contributed by atoms with E-state index in [9.17, 15) is 4.79 Å². The Morgan fingerprint density at radius 2 is 2.08 bits per heavy atom. The molecule has 2 atom stereocenters. The topological polar surface area (TPSA) is 35.6 Å². The number of hydrogen-bond donors (Lipinski definition) is 1. The van der Waals surface area contributed by atoms with Crippen LogP contribution in [0.15, 0.2) is 24.3 Å². The molecule has 0 aromatic heterocycles. The van der Waals surface area contributed by atoms with E-state index in [0.29, 0.717) is 12.6 Å². The van der Waals surface area contributed by atoms with Gasteiger partial charge in [-0.3, -0.25) is 4.79 Å². The molecule has 0 aliphatic carbocycles. The van der Waals surface area contributed by atoms with Gasteiger partial charge in [-0.25, -0.2) is 0 Å².